The highest BCUT2D eigenvalue weighted by Gasteiger charge is 2.46. The molecule has 2 aliphatic rings. The van der Waals surface area contributed by atoms with Gasteiger partial charge in [-0.15, -0.1) is 0 Å². The van der Waals surface area contributed by atoms with Crippen molar-refractivity contribution < 1.29 is 19.3 Å². The predicted molar refractivity (Wildman–Crippen MR) is 99.7 cm³/mol. The fraction of sp³-hybridized carbons (Fsp3) is 0.300. The van der Waals surface area contributed by atoms with E-state index in [1.54, 1.807) is 18.2 Å². The van der Waals surface area contributed by atoms with Crippen molar-refractivity contribution in [3.8, 4) is 0 Å². The summed E-state index contributed by atoms with van der Waals surface area (Å²) in [5.74, 6) is 0.0307. The molecular formula is C20H18N2O6. The molecule has 0 amide bonds. The van der Waals surface area contributed by atoms with Crippen LogP contribution < -0.4 is 0 Å². The van der Waals surface area contributed by atoms with Crippen molar-refractivity contribution in [1.29, 1.82) is 0 Å². The molecule has 4 rings (SSSR count). The molecule has 0 spiro atoms. The molecule has 0 aliphatic carbocycles. The molecule has 0 saturated carbocycles. The van der Waals surface area contributed by atoms with Gasteiger partial charge < -0.3 is 9.47 Å². The number of rotatable bonds is 5. The summed E-state index contributed by atoms with van der Waals surface area (Å²) in [5.41, 5.74) is 1.49. The summed E-state index contributed by atoms with van der Waals surface area (Å²) >= 11 is 0. The lowest BCUT2D eigenvalue weighted by Crippen LogP contribution is -2.33. The second kappa shape index (κ2) is 7.40. The number of nitro groups is 2. The van der Waals surface area contributed by atoms with Crippen LogP contribution in [0.1, 0.15) is 23.7 Å². The Morgan fingerprint density at radius 2 is 1.82 bits per heavy atom. The lowest BCUT2D eigenvalue weighted by molar-refractivity contribution is -0.488. The molecule has 0 N–H and O–H groups in total. The minimum Gasteiger partial charge on any atom is -0.464 e. The normalized spacial score (nSPS) is 26.1. The van der Waals surface area contributed by atoms with Gasteiger partial charge in [0, 0.05) is 28.5 Å². The summed E-state index contributed by atoms with van der Waals surface area (Å²) in [6.45, 7) is -0.216. The zero-order valence-electron chi connectivity index (χ0n) is 14.8. The predicted octanol–water partition coefficient (Wildman–Crippen LogP) is 3.96. The van der Waals surface area contributed by atoms with E-state index in [1.165, 1.54) is 12.1 Å². The number of ether oxygens (including phenoxy) is 2. The monoisotopic (exact) mass is 382 g/mol. The number of benzene rings is 2. The van der Waals surface area contributed by atoms with E-state index in [0.29, 0.717) is 17.7 Å². The van der Waals surface area contributed by atoms with Gasteiger partial charge in [0.25, 0.3) is 5.69 Å². The van der Waals surface area contributed by atoms with Gasteiger partial charge in [-0.25, -0.2) is 0 Å². The Morgan fingerprint density at radius 1 is 1.04 bits per heavy atom. The van der Waals surface area contributed by atoms with Gasteiger partial charge in [0.05, 0.1) is 16.9 Å². The van der Waals surface area contributed by atoms with Crippen molar-refractivity contribution in [2.45, 2.75) is 18.8 Å². The summed E-state index contributed by atoms with van der Waals surface area (Å²) in [6, 6.07) is 15.7. The zero-order valence-corrected chi connectivity index (χ0v) is 14.8. The van der Waals surface area contributed by atoms with E-state index in [1.807, 2.05) is 30.3 Å². The average molecular weight is 382 g/mol. The van der Waals surface area contributed by atoms with Gasteiger partial charge in [-0.3, -0.25) is 20.2 Å². The Balaban J connectivity index is 1.61. The number of non-ortho nitro benzene ring substituents is 1. The molecule has 4 unspecified atom stereocenters. The topological polar surface area (TPSA) is 105 Å². The molecular weight excluding hydrogens is 364 g/mol. The Bertz CT molecular complexity index is 929. The maximum absolute atomic E-state index is 11.2. The van der Waals surface area contributed by atoms with Gasteiger partial charge in [0.15, 0.2) is 0 Å². The zero-order chi connectivity index (χ0) is 19.7. The Morgan fingerprint density at radius 3 is 2.54 bits per heavy atom. The highest BCUT2D eigenvalue weighted by Crippen LogP contribution is 2.46. The van der Waals surface area contributed by atoms with Gasteiger partial charge in [-0.1, -0.05) is 42.5 Å². The second-order valence-electron chi connectivity index (χ2n) is 6.94. The molecule has 2 heterocycles. The van der Waals surface area contributed by atoms with Crippen molar-refractivity contribution in [2.75, 3.05) is 6.54 Å². The van der Waals surface area contributed by atoms with E-state index in [0.717, 1.165) is 5.56 Å². The van der Waals surface area contributed by atoms with Crippen molar-refractivity contribution in [3.63, 3.8) is 0 Å². The van der Waals surface area contributed by atoms with Crippen LogP contribution in [0.15, 0.2) is 60.7 Å². The molecule has 0 radical (unpaired) electrons. The number of fused-ring (bicyclic) bond motifs is 1. The quantitative estimate of drug-likeness (QED) is 0.572. The first-order valence-corrected chi connectivity index (χ1v) is 8.97. The van der Waals surface area contributed by atoms with Crippen LogP contribution in [0, 0.1) is 32.1 Å². The molecule has 8 nitrogen and oxygen atoms in total. The minimum absolute atomic E-state index is 0.0122. The molecule has 8 heteroatoms. The largest absolute Gasteiger partial charge is 0.464 e. The first kappa shape index (κ1) is 18.1. The number of hydrogen-bond acceptors (Lipinski definition) is 6. The molecule has 28 heavy (non-hydrogen) atoms. The summed E-state index contributed by atoms with van der Waals surface area (Å²) in [6.07, 6.45) is 1.27. The lowest BCUT2D eigenvalue weighted by Gasteiger charge is -2.30. The smallest absolute Gasteiger partial charge is 0.269 e. The third kappa shape index (κ3) is 3.59. The van der Waals surface area contributed by atoms with Gasteiger partial charge in [-0.2, -0.15) is 0 Å². The standard InChI is InChI=1S/C20H18N2O6/c23-21(24)12-15-10-18(13-5-2-1-3-6-13)27-20-17(15)11-19(28-20)14-7-4-8-16(9-14)22(25)26/h1-10,15,17,19-20H,11-12H2. The van der Waals surface area contributed by atoms with Crippen molar-refractivity contribution in [2.24, 2.45) is 11.8 Å². The van der Waals surface area contributed by atoms with E-state index in [-0.39, 0.29) is 29.0 Å². The minimum atomic E-state index is -0.630. The molecule has 2 aromatic rings. The molecule has 2 aromatic carbocycles. The molecule has 0 aromatic heterocycles. The number of nitrogens with zero attached hydrogens (tertiary/aromatic N) is 2. The summed E-state index contributed by atoms with van der Waals surface area (Å²) in [7, 11) is 0. The van der Waals surface area contributed by atoms with Crippen LogP contribution in [0.5, 0.6) is 0 Å². The van der Waals surface area contributed by atoms with Crippen LogP contribution in [-0.2, 0) is 9.47 Å². The van der Waals surface area contributed by atoms with Crippen LogP contribution in [0.25, 0.3) is 5.76 Å². The Labute approximate surface area is 160 Å². The molecule has 1 fully saturated rings. The van der Waals surface area contributed by atoms with E-state index in [4.69, 9.17) is 9.47 Å². The van der Waals surface area contributed by atoms with Crippen LogP contribution in [0.3, 0.4) is 0 Å². The fourth-order valence-electron chi connectivity index (χ4n) is 3.83. The molecule has 2 aliphatic heterocycles. The van der Waals surface area contributed by atoms with Gasteiger partial charge in [0.2, 0.25) is 12.8 Å². The van der Waals surface area contributed by atoms with Crippen LogP contribution in [0.4, 0.5) is 5.69 Å². The second-order valence-corrected chi connectivity index (χ2v) is 6.94. The highest BCUT2D eigenvalue weighted by atomic mass is 16.7. The number of hydrogen-bond donors (Lipinski definition) is 0. The van der Waals surface area contributed by atoms with E-state index < -0.39 is 17.3 Å². The van der Waals surface area contributed by atoms with Crippen LogP contribution >= 0.6 is 0 Å². The average Bonchev–Trinajstić information content (AvgIpc) is 3.13. The third-order valence-electron chi connectivity index (χ3n) is 5.16. The Hall–Kier alpha value is -3.26. The summed E-state index contributed by atoms with van der Waals surface area (Å²) < 4.78 is 12.1. The SMILES string of the molecule is O=[N+]([O-])CC1C=C(c2ccccc2)OC2OC(c3cccc([N+](=O)[O-])c3)CC12. The highest BCUT2D eigenvalue weighted by molar-refractivity contribution is 5.60. The Kier molecular flexibility index (Phi) is 4.79. The van der Waals surface area contributed by atoms with Crippen molar-refractivity contribution in [1.82, 2.24) is 0 Å². The molecule has 144 valence electrons. The van der Waals surface area contributed by atoms with Gasteiger partial charge in [0.1, 0.15) is 5.76 Å². The first-order valence-electron chi connectivity index (χ1n) is 8.97. The van der Waals surface area contributed by atoms with E-state index >= 15 is 0 Å². The first-order chi connectivity index (χ1) is 13.5. The van der Waals surface area contributed by atoms with E-state index in [2.05, 4.69) is 0 Å². The third-order valence-corrected chi connectivity index (χ3v) is 5.16. The maximum atomic E-state index is 11.2. The summed E-state index contributed by atoms with van der Waals surface area (Å²) in [4.78, 5) is 21.5. The van der Waals surface area contributed by atoms with E-state index in [9.17, 15) is 20.2 Å². The molecule has 1 saturated heterocycles. The molecule has 4 atom stereocenters. The van der Waals surface area contributed by atoms with Gasteiger partial charge >= 0.3 is 0 Å². The van der Waals surface area contributed by atoms with Crippen molar-refractivity contribution >= 4 is 11.4 Å². The van der Waals surface area contributed by atoms with Crippen LogP contribution in [0.2, 0.25) is 0 Å². The molecule has 0 bridgehead atoms. The summed E-state index contributed by atoms with van der Waals surface area (Å²) in [5, 5.41) is 22.2. The van der Waals surface area contributed by atoms with Crippen molar-refractivity contribution in [3.05, 3.63) is 92.0 Å². The van der Waals surface area contributed by atoms with Crippen LogP contribution in [-0.4, -0.2) is 22.7 Å². The fourth-order valence-corrected chi connectivity index (χ4v) is 3.83. The number of nitro benzene ring substituents is 1. The lowest BCUT2D eigenvalue weighted by atomic mass is 9.85. The maximum Gasteiger partial charge on any atom is 0.269 e. The van der Waals surface area contributed by atoms with Gasteiger partial charge in [-0.05, 0) is 18.1 Å².